The van der Waals surface area contributed by atoms with Crippen molar-refractivity contribution < 1.29 is 14.3 Å². The molecule has 1 amide bonds. The lowest BCUT2D eigenvalue weighted by Crippen LogP contribution is -2.68. The Kier molecular flexibility index (Phi) is 6.81. The highest BCUT2D eigenvalue weighted by atomic mass is 32.2. The number of nitrogens with two attached hydrogens (primary N) is 1. The van der Waals surface area contributed by atoms with Crippen molar-refractivity contribution in [2.45, 2.75) is 17.5 Å². The normalized spacial score (nSPS) is 19.7. The SMILES string of the molecule is Cn1cc(/C=C\SC2=C(C(=O)OC(c3ccccc3)c3ccccc3)N3C(=O)[C@@H](N)[C@H]3SC2)cn1. The summed E-state index contributed by atoms with van der Waals surface area (Å²) in [4.78, 5) is 28.6. The Balaban J connectivity index is 1.46. The highest BCUT2D eigenvalue weighted by Crippen LogP contribution is 2.44. The number of hydrogen-bond acceptors (Lipinski definition) is 7. The minimum atomic E-state index is -0.612. The van der Waals surface area contributed by atoms with Gasteiger partial charge >= 0.3 is 5.97 Å². The van der Waals surface area contributed by atoms with Gasteiger partial charge in [-0.2, -0.15) is 5.10 Å². The quantitative estimate of drug-likeness (QED) is 0.385. The van der Waals surface area contributed by atoms with E-state index in [1.807, 2.05) is 85.4 Å². The molecule has 2 atom stereocenters. The van der Waals surface area contributed by atoms with E-state index < -0.39 is 18.1 Å². The number of benzene rings is 2. The Labute approximate surface area is 212 Å². The van der Waals surface area contributed by atoms with Crippen LogP contribution < -0.4 is 5.73 Å². The van der Waals surface area contributed by atoms with Gasteiger partial charge in [0.15, 0.2) is 6.10 Å². The number of aryl methyl sites for hydroxylation is 1. The number of β-lactam (4-membered cyclic amide) rings is 1. The predicted octanol–water partition coefficient (Wildman–Crippen LogP) is 3.91. The summed E-state index contributed by atoms with van der Waals surface area (Å²) in [5.74, 6) is -0.235. The molecule has 2 aliphatic heterocycles. The third-order valence-corrected chi connectivity index (χ3v) is 8.17. The number of fused-ring (bicyclic) bond motifs is 1. The highest BCUT2D eigenvalue weighted by Gasteiger charge is 2.52. The number of hydrogen-bond donors (Lipinski definition) is 1. The molecule has 0 aliphatic carbocycles. The Morgan fingerprint density at radius 2 is 1.83 bits per heavy atom. The van der Waals surface area contributed by atoms with Crippen LogP contribution in [0.4, 0.5) is 0 Å². The van der Waals surface area contributed by atoms with Crippen LogP contribution in [-0.4, -0.2) is 43.7 Å². The monoisotopic (exact) mass is 504 g/mol. The molecule has 5 rings (SSSR count). The minimum Gasteiger partial charge on any atom is -0.448 e. The van der Waals surface area contributed by atoms with Crippen LogP contribution in [0.5, 0.6) is 0 Å². The highest BCUT2D eigenvalue weighted by molar-refractivity contribution is 8.08. The number of aromatic nitrogens is 2. The molecule has 3 aromatic rings. The molecule has 0 saturated carbocycles. The van der Waals surface area contributed by atoms with Crippen LogP contribution in [0.3, 0.4) is 0 Å². The van der Waals surface area contributed by atoms with E-state index >= 15 is 0 Å². The van der Waals surface area contributed by atoms with Gasteiger partial charge in [-0.1, -0.05) is 72.4 Å². The molecule has 35 heavy (non-hydrogen) atoms. The molecule has 9 heteroatoms. The second kappa shape index (κ2) is 10.2. The van der Waals surface area contributed by atoms with E-state index in [0.717, 1.165) is 21.6 Å². The fourth-order valence-corrected chi connectivity index (χ4v) is 6.34. The van der Waals surface area contributed by atoms with Crippen molar-refractivity contribution in [3.8, 4) is 0 Å². The largest absolute Gasteiger partial charge is 0.448 e. The third-order valence-electron chi connectivity index (χ3n) is 5.79. The summed E-state index contributed by atoms with van der Waals surface area (Å²) < 4.78 is 7.83. The van der Waals surface area contributed by atoms with Gasteiger partial charge in [-0.15, -0.1) is 11.8 Å². The standard InChI is InChI=1S/C26H24N4O3S2/c1-29-15-17(14-28-29)12-13-34-20-16-35-25-21(27)24(31)30(25)22(20)26(32)33-23(18-8-4-2-5-9-18)19-10-6-3-7-11-19/h2-15,21,23,25H,16,27H2,1H3/b13-12-/t21-,25-/m1/s1. The lowest BCUT2D eigenvalue weighted by Gasteiger charge is -2.48. The number of amides is 1. The van der Waals surface area contributed by atoms with E-state index in [1.54, 1.807) is 22.6 Å². The van der Waals surface area contributed by atoms with Crippen LogP contribution in [0.2, 0.25) is 0 Å². The second-order valence-electron chi connectivity index (χ2n) is 8.18. The second-order valence-corrected chi connectivity index (χ2v) is 10.3. The molecule has 7 nitrogen and oxygen atoms in total. The van der Waals surface area contributed by atoms with Crippen LogP contribution in [0.15, 0.2) is 89.1 Å². The summed E-state index contributed by atoms with van der Waals surface area (Å²) >= 11 is 2.96. The molecule has 2 aliphatic rings. The van der Waals surface area contributed by atoms with Gasteiger partial charge in [-0.3, -0.25) is 14.4 Å². The van der Waals surface area contributed by atoms with Crippen molar-refractivity contribution in [2.75, 3.05) is 5.75 Å². The van der Waals surface area contributed by atoms with Crippen molar-refractivity contribution in [3.63, 3.8) is 0 Å². The smallest absolute Gasteiger partial charge is 0.356 e. The zero-order chi connectivity index (χ0) is 24.4. The van der Waals surface area contributed by atoms with E-state index in [0.29, 0.717) is 5.75 Å². The van der Waals surface area contributed by atoms with Crippen molar-refractivity contribution in [1.29, 1.82) is 0 Å². The Morgan fingerprint density at radius 1 is 1.17 bits per heavy atom. The third kappa shape index (κ3) is 4.80. The summed E-state index contributed by atoms with van der Waals surface area (Å²) in [6, 6.07) is 18.6. The van der Waals surface area contributed by atoms with Crippen LogP contribution in [0, 0.1) is 0 Å². The summed E-state index contributed by atoms with van der Waals surface area (Å²) in [7, 11) is 1.85. The van der Waals surface area contributed by atoms with Gasteiger partial charge in [0.1, 0.15) is 17.1 Å². The van der Waals surface area contributed by atoms with Gasteiger partial charge in [0.05, 0.1) is 6.20 Å². The first-order chi connectivity index (χ1) is 17.0. The average Bonchev–Trinajstić information content (AvgIpc) is 3.32. The first-order valence-electron chi connectivity index (χ1n) is 11.1. The molecule has 1 saturated heterocycles. The zero-order valence-electron chi connectivity index (χ0n) is 19.0. The van der Waals surface area contributed by atoms with E-state index in [4.69, 9.17) is 10.5 Å². The molecule has 3 heterocycles. The summed E-state index contributed by atoms with van der Waals surface area (Å²) in [5, 5.41) is 5.80. The molecular weight excluding hydrogens is 480 g/mol. The number of esters is 1. The van der Waals surface area contributed by atoms with Gasteiger partial charge in [0, 0.05) is 29.5 Å². The summed E-state index contributed by atoms with van der Waals surface area (Å²) in [6.45, 7) is 0. The van der Waals surface area contributed by atoms with Crippen molar-refractivity contribution in [2.24, 2.45) is 12.8 Å². The lowest BCUT2D eigenvalue weighted by atomic mass is 10.0. The Bertz CT molecular complexity index is 1250. The van der Waals surface area contributed by atoms with E-state index in [-0.39, 0.29) is 17.0 Å². The lowest BCUT2D eigenvalue weighted by molar-refractivity contribution is -0.152. The number of nitrogens with zero attached hydrogens (tertiary/aromatic N) is 3. The first kappa shape index (κ1) is 23.5. The molecule has 178 valence electrons. The molecule has 0 spiro atoms. The number of ether oxygens (including phenoxy) is 1. The predicted molar refractivity (Wildman–Crippen MR) is 139 cm³/mol. The maximum absolute atomic E-state index is 13.7. The van der Waals surface area contributed by atoms with Gasteiger partial charge in [-0.25, -0.2) is 4.79 Å². The number of thioether (sulfide) groups is 2. The van der Waals surface area contributed by atoms with Crippen molar-refractivity contribution in [3.05, 3.63) is 106 Å². The van der Waals surface area contributed by atoms with Crippen LogP contribution >= 0.6 is 23.5 Å². The fourth-order valence-electron chi connectivity index (χ4n) is 4.04. The van der Waals surface area contributed by atoms with E-state index in [2.05, 4.69) is 5.10 Å². The molecule has 0 bridgehead atoms. The van der Waals surface area contributed by atoms with Crippen LogP contribution in [0.1, 0.15) is 22.8 Å². The van der Waals surface area contributed by atoms with Crippen LogP contribution in [0.25, 0.3) is 6.08 Å². The molecule has 1 aromatic heterocycles. The Morgan fingerprint density at radius 3 is 2.43 bits per heavy atom. The fraction of sp³-hybridized carbons (Fsp3) is 0.192. The van der Waals surface area contributed by atoms with Crippen molar-refractivity contribution >= 4 is 41.5 Å². The molecular formula is C26H24N4O3S2. The van der Waals surface area contributed by atoms with E-state index in [9.17, 15) is 9.59 Å². The molecule has 0 unspecified atom stereocenters. The summed E-state index contributed by atoms with van der Waals surface area (Å²) in [6.07, 6.45) is 4.97. The number of carbonyl (C=O) groups excluding carboxylic acids is 2. The number of carbonyl (C=O) groups is 2. The maximum atomic E-state index is 13.7. The minimum absolute atomic E-state index is 0.261. The van der Waals surface area contributed by atoms with Crippen molar-refractivity contribution in [1.82, 2.24) is 14.7 Å². The van der Waals surface area contributed by atoms with Crippen LogP contribution in [-0.2, 0) is 21.4 Å². The topological polar surface area (TPSA) is 90.5 Å². The zero-order valence-corrected chi connectivity index (χ0v) is 20.6. The van der Waals surface area contributed by atoms with E-state index in [1.165, 1.54) is 16.7 Å². The molecule has 0 radical (unpaired) electrons. The Hall–Kier alpha value is -3.27. The van der Waals surface area contributed by atoms with Gasteiger partial charge in [0.25, 0.3) is 0 Å². The van der Waals surface area contributed by atoms with Gasteiger partial charge < -0.3 is 10.5 Å². The molecule has 2 aromatic carbocycles. The number of rotatable bonds is 7. The average molecular weight is 505 g/mol. The van der Waals surface area contributed by atoms with Gasteiger partial charge in [0.2, 0.25) is 5.91 Å². The van der Waals surface area contributed by atoms with Gasteiger partial charge in [-0.05, 0) is 22.6 Å². The maximum Gasteiger partial charge on any atom is 0.356 e. The molecule has 1 fully saturated rings. The first-order valence-corrected chi connectivity index (χ1v) is 13.0. The molecule has 2 N–H and O–H groups in total. The summed E-state index contributed by atoms with van der Waals surface area (Å²) in [5.41, 5.74) is 8.96.